The number of carboxylic acid groups (broad SMARTS) is 2. The van der Waals surface area contributed by atoms with Crippen LogP contribution >= 0.6 is 23.5 Å². The van der Waals surface area contributed by atoms with Gasteiger partial charge in [-0.1, -0.05) is 18.2 Å². The molecule has 1 aromatic carbocycles. The number of thioether (sulfide) groups is 2. The molecule has 17 heteroatoms. The van der Waals surface area contributed by atoms with Crippen molar-refractivity contribution < 1.29 is 38.9 Å². The molecule has 0 radical (unpaired) electrons. The van der Waals surface area contributed by atoms with Gasteiger partial charge in [-0.05, 0) is 23.8 Å². The van der Waals surface area contributed by atoms with E-state index in [2.05, 4.69) is 15.5 Å². The highest BCUT2D eigenvalue weighted by Crippen LogP contribution is 2.41. The quantitative estimate of drug-likeness (QED) is 0.188. The molecule has 3 atom stereocenters. The van der Waals surface area contributed by atoms with Crippen LogP contribution in [0.3, 0.4) is 0 Å². The van der Waals surface area contributed by atoms with Crippen molar-refractivity contribution >= 4 is 52.9 Å². The first-order valence-corrected chi connectivity index (χ1v) is 13.5. The van der Waals surface area contributed by atoms with Crippen molar-refractivity contribution in [1.82, 2.24) is 29.6 Å². The van der Waals surface area contributed by atoms with Crippen LogP contribution < -0.4 is 11.0 Å². The van der Waals surface area contributed by atoms with Crippen LogP contribution in [-0.4, -0.2) is 86.3 Å². The maximum absolute atomic E-state index is 14.0. The second-order valence-electron chi connectivity index (χ2n) is 8.64. The van der Waals surface area contributed by atoms with E-state index in [1.54, 1.807) is 6.07 Å². The molecule has 0 spiro atoms. The molecular formula is C23H19FN6O8S2. The largest absolute Gasteiger partial charge is 0.480 e. The Labute approximate surface area is 231 Å². The molecule has 0 saturated carbocycles. The highest BCUT2D eigenvalue weighted by molar-refractivity contribution is 8.01. The summed E-state index contributed by atoms with van der Waals surface area (Å²) in [4.78, 5) is 61.9. The van der Waals surface area contributed by atoms with E-state index in [4.69, 9.17) is 5.11 Å². The van der Waals surface area contributed by atoms with Crippen LogP contribution in [0.1, 0.15) is 11.7 Å². The number of benzene rings is 1. The second kappa shape index (κ2) is 10.7. The highest BCUT2D eigenvalue weighted by atomic mass is 32.2. The minimum Gasteiger partial charge on any atom is -0.480 e. The number of halogens is 1. The summed E-state index contributed by atoms with van der Waals surface area (Å²) in [5.41, 5.74) is -0.709. The van der Waals surface area contributed by atoms with Crippen LogP contribution in [0, 0.1) is 5.82 Å². The third kappa shape index (κ3) is 4.93. The number of hydrogen-bond donors (Lipinski definition) is 4. The molecule has 2 aliphatic heterocycles. The van der Waals surface area contributed by atoms with Gasteiger partial charge in [0.2, 0.25) is 0 Å². The maximum Gasteiger partial charge on any atom is 0.367 e. The summed E-state index contributed by atoms with van der Waals surface area (Å²) >= 11 is 2.31. The number of carbonyl (C=O) groups excluding carboxylic acids is 2. The van der Waals surface area contributed by atoms with E-state index in [-0.39, 0.29) is 28.4 Å². The number of nitrogens with zero attached hydrogens (tertiary/aromatic N) is 5. The Morgan fingerprint density at radius 1 is 1.15 bits per heavy atom. The number of aliphatic carboxylic acids is 2. The molecule has 14 nitrogen and oxygen atoms in total. The van der Waals surface area contributed by atoms with Gasteiger partial charge in [-0.2, -0.15) is 14.3 Å². The predicted molar refractivity (Wildman–Crippen MR) is 137 cm³/mol. The Hall–Kier alpha value is -4.22. The normalized spacial score (nSPS) is 19.2. The average molecular weight is 591 g/mol. The van der Waals surface area contributed by atoms with Crippen LogP contribution in [0.4, 0.5) is 4.39 Å². The van der Waals surface area contributed by atoms with Gasteiger partial charge in [0.25, 0.3) is 11.8 Å². The van der Waals surface area contributed by atoms with Crippen LogP contribution in [0.15, 0.2) is 57.5 Å². The number of hydrogen-bond acceptors (Lipinski definition) is 10. The van der Waals surface area contributed by atoms with Gasteiger partial charge in [0.05, 0.1) is 0 Å². The topological polar surface area (TPSA) is 196 Å². The van der Waals surface area contributed by atoms with Gasteiger partial charge in [-0.25, -0.2) is 14.0 Å². The number of carboxylic acids is 2. The molecule has 4 heterocycles. The van der Waals surface area contributed by atoms with Crippen molar-refractivity contribution in [3.05, 3.63) is 69.5 Å². The number of aromatic nitrogens is 4. The number of aliphatic hydroxyl groups is 1. The number of fused-ring (bicyclic) bond motifs is 2. The number of β-lactam (4-membered cyclic amide) rings is 1. The van der Waals surface area contributed by atoms with Gasteiger partial charge in [0.1, 0.15) is 34.5 Å². The van der Waals surface area contributed by atoms with E-state index < -0.39 is 59.3 Å². The molecule has 0 bridgehead atoms. The van der Waals surface area contributed by atoms with Crippen molar-refractivity contribution in [3.63, 3.8) is 0 Å². The standard InChI is InChI=1S/C23H19FN6O8S2/c24-12-4-2-1-3-11(12)18(33)19(34)25-16-20(35)29-17(22(36)37)10(9-40-21(16)29)8-39-14-6-5-13-26-28(7-15(31)32)23(38)30(13)27-14/h1-6,16,18,21,33H,7-9H2,(H,25,34)(H,31,32)(H,36,37)/t16?,18?,21-/m0/s1. The smallest absolute Gasteiger partial charge is 0.367 e. The Morgan fingerprint density at radius 3 is 2.60 bits per heavy atom. The van der Waals surface area contributed by atoms with E-state index in [1.165, 1.54) is 36.0 Å². The Balaban J connectivity index is 1.29. The molecule has 2 unspecified atom stereocenters. The van der Waals surface area contributed by atoms with Crippen molar-refractivity contribution in [2.24, 2.45) is 0 Å². The molecule has 4 N–H and O–H groups in total. The fourth-order valence-corrected chi connectivity index (χ4v) is 6.57. The van der Waals surface area contributed by atoms with Crippen molar-refractivity contribution in [2.45, 2.75) is 29.1 Å². The van der Waals surface area contributed by atoms with Crippen LogP contribution in [-0.2, 0) is 25.7 Å². The zero-order valence-corrected chi connectivity index (χ0v) is 21.8. The molecule has 1 fully saturated rings. The molecule has 2 amide bonds. The summed E-state index contributed by atoms with van der Waals surface area (Å²) in [7, 11) is 0. The Morgan fingerprint density at radius 2 is 1.90 bits per heavy atom. The second-order valence-corrected chi connectivity index (χ2v) is 10.7. The molecule has 0 aliphatic carbocycles. The van der Waals surface area contributed by atoms with E-state index in [0.29, 0.717) is 10.6 Å². The highest BCUT2D eigenvalue weighted by Gasteiger charge is 2.54. The number of rotatable bonds is 9. The summed E-state index contributed by atoms with van der Waals surface area (Å²) < 4.78 is 15.6. The molecule has 5 rings (SSSR count). The average Bonchev–Trinajstić information content (AvgIpc) is 3.23. The lowest BCUT2D eigenvalue weighted by Crippen LogP contribution is -2.70. The van der Waals surface area contributed by atoms with Crippen molar-refractivity contribution in [1.29, 1.82) is 0 Å². The van der Waals surface area contributed by atoms with E-state index in [1.807, 2.05) is 0 Å². The number of aliphatic hydroxyl groups excluding tert-OH is 1. The third-order valence-corrected chi connectivity index (χ3v) is 8.44. The van der Waals surface area contributed by atoms with E-state index in [9.17, 15) is 38.6 Å². The minimum atomic E-state index is -1.85. The molecule has 208 valence electrons. The molecule has 2 aromatic heterocycles. The first kappa shape index (κ1) is 27.4. The van der Waals surface area contributed by atoms with Gasteiger partial charge in [0, 0.05) is 17.1 Å². The van der Waals surface area contributed by atoms with Gasteiger partial charge < -0.3 is 20.6 Å². The SMILES string of the molecule is O=C(O)Cn1nc2ccc(SCC3=C(C(=O)O)N4C(=O)C(NC(=O)C(O)c5ccccc5F)[C@@H]4SC3)nn2c1=O. The fraction of sp³-hybridized carbons (Fsp3) is 0.261. The van der Waals surface area contributed by atoms with Gasteiger partial charge >= 0.3 is 17.6 Å². The number of amides is 2. The lowest BCUT2D eigenvalue weighted by molar-refractivity contribution is -0.151. The summed E-state index contributed by atoms with van der Waals surface area (Å²) in [6.07, 6.45) is -1.85. The van der Waals surface area contributed by atoms with Gasteiger partial charge in [-0.3, -0.25) is 19.3 Å². The first-order chi connectivity index (χ1) is 19.1. The predicted octanol–water partition coefficient (Wildman–Crippen LogP) is -0.321. The summed E-state index contributed by atoms with van der Waals surface area (Å²) in [6, 6.07) is 7.07. The zero-order chi connectivity index (χ0) is 28.7. The summed E-state index contributed by atoms with van der Waals surface area (Å²) in [5, 5.41) is 39.1. The van der Waals surface area contributed by atoms with Crippen molar-refractivity contribution in [2.75, 3.05) is 11.5 Å². The minimum absolute atomic E-state index is 0.102. The monoisotopic (exact) mass is 590 g/mol. The van der Waals surface area contributed by atoms with Gasteiger partial charge in [-0.15, -0.1) is 28.6 Å². The Kier molecular flexibility index (Phi) is 7.35. The maximum atomic E-state index is 14.0. The summed E-state index contributed by atoms with van der Waals surface area (Å²) in [5.74, 6) is -4.76. The fourth-order valence-electron chi connectivity index (χ4n) is 4.23. The third-order valence-electron chi connectivity index (χ3n) is 6.09. The van der Waals surface area contributed by atoms with Crippen LogP contribution in [0.5, 0.6) is 0 Å². The van der Waals surface area contributed by atoms with E-state index >= 15 is 0 Å². The van der Waals surface area contributed by atoms with E-state index in [0.717, 1.165) is 31.9 Å². The molecule has 40 heavy (non-hydrogen) atoms. The number of nitrogens with one attached hydrogen (secondary N) is 1. The van der Waals surface area contributed by atoms with Crippen LogP contribution in [0.25, 0.3) is 5.65 Å². The zero-order valence-electron chi connectivity index (χ0n) is 20.1. The molecule has 3 aromatic rings. The molecule has 1 saturated heterocycles. The number of carbonyl (C=O) groups is 4. The Bertz CT molecular complexity index is 1660. The summed E-state index contributed by atoms with van der Waals surface area (Å²) in [6.45, 7) is -0.634. The van der Waals surface area contributed by atoms with Crippen LogP contribution in [0.2, 0.25) is 0 Å². The lowest BCUT2D eigenvalue weighted by Gasteiger charge is -2.49. The lowest BCUT2D eigenvalue weighted by atomic mass is 10.0. The van der Waals surface area contributed by atoms with Gasteiger partial charge in [0.15, 0.2) is 11.8 Å². The first-order valence-electron chi connectivity index (χ1n) is 11.5. The molecular weight excluding hydrogens is 571 g/mol. The molecule has 2 aliphatic rings. The van der Waals surface area contributed by atoms with Crippen molar-refractivity contribution in [3.8, 4) is 0 Å².